The third-order valence-electron chi connectivity index (χ3n) is 2.61. The van der Waals surface area contributed by atoms with E-state index in [9.17, 15) is 8.42 Å². The van der Waals surface area contributed by atoms with Crippen molar-refractivity contribution in [3.8, 4) is 0 Å². The van der Waals surface area contributed by atoms with Crippen LogP contribution < -0.4 is 4.72 Å². The third-order valence-corrected chi connectivity index (χ3v) is 4.69. The van der Waals surface area contributed by atoms with E-state index < -0.39 is 10.0 Å². The van der Waals surface area contributed by atoms with Gasteiger partial charge < -0.3 is 0 Å². The van der Waals surface area contributed by atoms with Gasteiger partial charge in [-0.2, -0.15) is 0 Å². The molecular formula is C10H20ClNO2S. The van der Waals surface area contributed by atoms with Crippen LogP contribution in [0.4, 0.5) is 0 Å². The van der Waals surface area contributed by atoms with E-state index in [1.54, 1.807) is 0 Å². The maximum atomic E-state index is 11.5. The molecule has 0 saturated heterocycles. The zero-order chi connectivity index (χ0) is 11.3. The van der Waals surface area contributed by atoms with E-state index in [0.29, 0.717) is 30.0 Å². The van der Waals surface area contributed by atoms with Crippen molar-refractivity contribution in [3.63, 3.8) is 0 Å². The van der Waals surface area contributed by atoms with Crippen LogP contribution in [0.1, 0.15) is 32.6 Å². The molecule has 1 unspecified atom stereocenters. The van der Waals surface area contributed by atoms with E-state index in [1.165, 1.54) is 0 Å². The summed E-state index contributed by atoms with van der Waals surface area (Å²) in [6, 6.07) is 0. The summed E-state index contributed by atoms with van der Waals surface area (Å²) < 4.78 is 25.6. The molecule has 0 radical (unpaired) electrons. The van der Waals surface area contributed by atoms with E-state index >= 15 is 0 Å². The Balaban J connectivity index is 2.07. The fraction of sp³-hybridized carbons (Fsp3) is 1.00. The van der Waals surface area contributed by atoms with Gasteiger partial charge in [-0.1, -0.05) is 6.92 Å². The Hall–Kier alpha value is 0.200. The van der Waals surface area contributed by atoms with Crippen LogP contribution >= 0.6 is 11.6 Å². The molecule has 5 heteroatoms. The molecule has 0 aromatic rings. The van der Waals surface area contributed by atoms with Crippen LogP contribution in [0.25, 0.3) is 0 Å². The second kappa shape index (κ2) is 6.06. The molecule has 0 aliphatic heterocycles. The normalized spacial score (nSPS) is 19.1. The number of alkyl halides is 1. The summed E-state index contributed by atoms with van der Waals surface area (Å²) >= 11 is 5.66. The fourth-order valence-corrected chi connectivity index (χ4v) is 3.09. The average Bonchev–Trinajstić information content (AvgIpc) is 2.95. The molecule has 3 nitrogen and oxygen atoms in total. The molecule has 1 saturated carbocycles. The van der Waals surface area contributed by atoms with Crippen LogP contribution in [-0.2, 0) is 10.0 Å². The van der Waals surface area contributed by atoms with Crippen LogP contribution in [0.2, 0.25) is 0 Å². The molecule has 0 aromatic heterocycles. The number of hydrogen-bond donors (Lipinski definition) is 1. The summed E-state index contributed by atoms with van der Waals surface area (Å²) in [5, 5.41) is 0. The van der Waals surface area contributed by atoms with E-state index in [-0.39, 0.29) is 0 Å². The van der Waals surface area contributed by atoms with Crippen molar-refractivity contribution in [3.05, 3.63) is 0 Å². The molecule has 0 spiro atoms. The van der Waals surface area contributed by atoms with Gasteiger partial charge in [0.2, 0.25) is 10.0 Å². The Morgan fingerprint density at radius 3 is 2.67 bits per heavy atom. The van der Waals surface area contributed by atoms with Gasteiger partial charge in [0.15, 0.2) is 0 Å². The quantitative estimate of drug-likeness (QED) is 0.531. The lowest BCUT2D eigenvalue weighted by Crippen LogP contribution is -2.28. The molecule has 1 atom stereocenters. The summed E-state index contributed by atoms with van der Waals surface area (Å²) in [6.07, 6.45) is 4.00. The minimum Gasteiger partial charge on any atom is -0.215 e. The largest absolute Gasteiger partial charge is 0.215 e. The molecule has 1 N–H and O–H groups in total. The molecule has 0 heterocycles. The molecule has 15 heavy (non-hydrogen) atoms. The second-order valence-electron chi connectivity index (χ2n) is 4.52. The van der Waals surface area contributed by atoms with Crippen molar-refractivity contribution >= 4 is 21.6 Å². The molecule has 90 valence electrons. The van der Waals surface area contributed by atoms with Gasteiger partial charge in [-0.15, -0.1) is 11.6 Å². The highest BCUT2D eigenvalue weighted by Gasteiger charge is 2.27. The lowest BCUT2D eigenvalue weighted by atomic mass is 10.1. The predicted octanol–water partition coefficient (Wildman–Crippen LogP) is 1.97. The Morgan fingerprint density at radius 2 is 2.13 bits per heavy atom. The molecule has 1 rings (SSSR count). The minimum atomic E-state index is -3.01. The lowest BCUT2D eigenvalue weighted by Gasteiger charge is -2.08. The van der Waals surface area contributed by atoms with E-state index in [2.05, 4.69) is 11.6 Å². The molecule has 0 amide bonds. The maximum absolute atomic E-state index is 11.5. The molecule has 1 fully saturated rings. The van der Waals surface area contributed by atoms with E-state index in [4.69, 9.17) is 11.6 Å². The number of rotatable bonds is 8. The van der Waals surface area contributed by atoms with Gasteiger partial charge in [0.25, 0.3) is 0 Å². The highest BCUT2D eigenvalue weighted by Crippen LogP contribution is 2.29. The first-order valence-electron chi connectivity index (χ1n) is 5.57. The molecule has 0 aromatic carbocycles. The standard InChI is InChI=1S/C10H20ClNO2S/c1-9(7-11)3-2-6-12-15(13,14)8-10-4-5-10/h9-10,12H,2-8H2,1H3. The van der Waals surface area contributed by atoms with Crippen molar-refractivity contribution < 1.29 is 8.42 Å². The molecular weight excluding hydrogens is 234 g/mol. The number of hydrogen-bond acceptors (Lipinski definition) is 2. The highest BCUT2D eigenvalue weighted by atomic mass is 35.5. The number of nitrogens with one attached hydrogen (secondary N) is 1. The number of sulfonamides is 1. The average molecular weight is 254 g/mol. The van der Waals surface area contributed by atoms with Crippen molar-refractivity contribution in [2.75, 3.05) is 18.2 Å². The van der Waals surface area contributed by atoms with Gasteiger partial charge >= 0.3 is 0 Å². The number of halogens is 1. The summed E-state index contributed by atoms with van der Waals surface area (Å²) in [7, 11) is -3.01. The topological polar surface area (TPSA) is 46.2 Å². The second-order valence-corrected chi connectivity index (χ2v) is 6.68. The Morgan fingerprint density at radius 1 is 1.47 bits per heavy atom. The van der Waals surface area contributed by atoms with Crippen LogP contribution in [0, 0.1) is 11.8 Å². The summed E-state index contributed by atoms with van der Waals surface area (Å²) in [5.41, 5.74) is 0. The molecule has 1 aliphatic carbocycles. The van der Waals surface area contributed by atoms with E-state index in [0.717, 1.165) is 25.7 Å². The van der Waals surface area contributed by atoms with E-state index in [1.807, 2.05) is 0 Å². The first kappa shape index (κ1) is 13.3. The Bertz CT molecular complexity index is 275. The first-order valence-corrected chi connectivity index (χ1v) is 7.75. The summed E-state index contributed by atoms with van der Waals surface area (Å²) in [5.74, 6) is 1.86. The smallest absolute Gasteiger partial charge is 0.211 e. The highest BCUT2D eigenvalue weighted by molar-refractivity contribution is 7.89. The van der Waals surface area contributed by atoms with Gasteiger partial charge in [0, 0.05) is 12.4 Å². The van der Waals surface area contributed by atoms with Gasteiger partial charge in [0.1, 0.15) is 0 Å². The minimum absolute atomic E-state index is 0.318. The zero-order valence-electron chi connectivity index (χ0n) is 9.21. The van der Waals surface area contributed by atoms with Crippen LogP contribution in [-0.4, -0.2) is 26.6 Å². The Labute approximate surface area is 97.6 Å². The van der Waals surface area contributed by atoms with Crippen LogP contribution in [0.3, 0.4) is 0 Å². The van der Waals surface area contributed by atoms with Crippen molar-refractivity contribution in [1.82, 2.24) is 4.72 Å². The third kappa shape index (κ3) is 6.38. The Kier molecular flexibility index (Phi) is 5.36. The van der Waals surface area contributed by atoms with Crippen LogP contribution in [0.15, 0.2) is 0 Å². The SMILES string of the molecule is CC(CCl)CCCNS(=O)(=O)CC1CC1. The van der Waals surface area contributed by atoms with Gasteiger partial charge in [-0.05, 0) is 37.5 Å². The summed E-state index contributed by atoms with van der Waals surface area (Å²) in [6.45, 7) is 2.63. The first-order chi connectivity index (χ1) is 7.03. The maximum Gasteiger partial charge on any atom is 0.211 e. The van der Waals surface area contributed by atoms with Crippen LogP contribution in [0.5, 0.6) is 0 Å². The molecule has 1 aliphatic rings. The molecule has 0 bridgehead atoms. The fourth-order valence-electron chi connectivity index (χ4n) is 1.41. The van der Waals surface area contributed by atoms with Gasteiger partial charge in [-0.25, -0.2) is 13.1 Å². The van der Waals surface area contributed by atoms with Gasteiger partial charge in [0.05, 0.1) is 5.75 Å². The van der Waals surface area contributed by atoms with Crippen molar-refractivity contribution in [2.45, 2.75) is 32.6 Å². The van der Waals surface area contributed by atoms with Crippen molar-refractivity contribution in [2.24, 2.45) is 11.8 Å². The lowest BCUT2D eigenvalue weighted by molar-refractivity contribution is 0.542. The predicted molar refractivity (Wildman–Crippen MR) is 63.6 cm³/mol. The monoisotopic (exact) mass is 253 g/mol. The van der Waals surface area contributed by atoms with Crippen molar-refractivity contribution in [1.29, 1.82) is 0 Å². The zero-order valence-corrected chi connectivity index (χ0v) is 10.8. The van der Waals surface area contributed by atoms with Gasteiger partial charge in [-0.3, -0.25) is 0 Å². The summed E-state index contributed by atoms with van der Waals surface area (Å²) in [4.78, 5) is 0.